The number of nitrogens with one attached hydrogen (secondary N) is 1. The van der Waals surface area contributed by atoms with Gasteiger partial charge < -0.3 is 5.32 Å². The molecule has 15 heavy (non-hydrogen) atoms. The third-order valence-electron chi connectivity index (χ3n) is 2.67. The van der Waals surface area contributed by atoms with Gasteiger partial charge in [0.2, 0.25) is 0 Å². The van der Waals surface area contributed by atoms with Gasteiger partial charge >= 0.3 is 0 Å². The van der Waals surface area contributed by atoms with Crippen LogP contribution in [0.15, 0.2) is 17.6 Å². The largest absolute Gasteiger partial charge is 0.303 e. The summed E-state index contributed by atoms with van der Waals surface area (Å²) in [7, 11) is 0. The van der Waals surface area contributed by atoms with Gasteiger partial charge in [-0.15, -0.1) is 22.7 Å². The highest BCUT2D eigenvalue weighted by atomic mass is 32.1. The van der Waals surface area contributed by atoms with E-state index < -0.39 is 0 Å². The molecule has 1 aliphatic rings. The molecule has 0 bridgehead atoms. The highest BCUT2D eigenvalue weighted by Gasteiger charge is 2.24. The van der Waals surface area contributed by atoms with Crippen LogP contribution in [0, 0.1) is 6.92 Å². The molecule has 4 heteroatoms. The minimum Gasteiger partial charge on any atom is -0.303 e. The predicted octanol–water partition coefficient (Wildman–Crippen LogP) is 2.75. The van der Waals surface area contributed by atoms with Crippen LogP contribution in [0.3, 0.4) is 0 Å². The second kappa shape index (κ2) is 3.70. The number of thiazole rings is 1. The van der Waals surface area contributed by atoms with E-state index in [4.69, 9.17) is 0 Å². The average Bonchev–Trinajstić information content (AvgIpc) is 2.84. The van der Waals surface area contributed by atoms with Crippen LogP contribution in [-0.4, -0.2) is 11.5 Å². The summed E-state index contributed by atoms with van der Waals surface area (Å²) in [5.41, 5.74) is 1.50. The summed E-state index contributed by atoms with van der Waals surface area (Å²) in [6.45, 7) is 3.17. The normalized spacial score (nSPS) is 20.2. The molecule has 78 valence electrons. The van der Waals surface area contributed by atoms with Gasteiger partial charge in [0.05, 0.1) is 6.04 Å². The van der Waals surface area contributed by atoms with Gasteiger partial charge in [-0.1, -0.05) is 0 Å². The number of thiophene rings is 1. The molecule has 0 fully saturated rings. The Labute approximate surface area is 97.0 Å². The zero-order valence-electron chi connectivity index (χ0n) is 8.49. The number of nitrogens with zero attached hydrogens (tertiary/aromatic N) is 1. The van der Waals surface area contributed by atoms with Crippen molar-refractivity contribution in [3.05, 3.63) is 38.0 Å². The lowest BCUT2D eigenvalue weighted by Crippen LogP contribution is -2.29. The SMILES string of the molecule is Cc1cnc(C2NCCc3ccsc32)s1. The monoisotopic (exact) mass is 236 g/mol. The minimum atomic E-state index is 0.340. The Kier molecular flexibility index (Phi) is 2.35. The van der Waals surface area contributed by atoms with Gasteiger partial charge in [-0.25, -0.2) is 4.98 Å². The van der Waals surface area contributed by atoms with Crippen molar-refractivity contribution in [2.24, 2.45) is 0 Å². The van der Waals surface area contributed by atoms with E-state index in [0.717, 1.165) is 13.0 Å². The number of aryl methyl sites for hydroxylation is 1. The molecular formula is C11H12N2S2. The Bertz CT molecular complexity index is 472. The third-order valence-corrected chi connectivity index (χ3v) is 4.67. The van der Waals surface area contributed by atoms with Crippen LogP contribution in [0.2, 0.25) is 0 Å². The fourth-order valence-corrected chi connectivity index (χ4v) is 3.92. The van der Waals surface area contributed by atoms with Crippen molar-refractivity contribution in [3.8, 4) is 0 Å². The van der Waals surface area contributed by atoms with Gasteiger partial charge in [0.25, 0.3) is 0 Å². The molecule has 1 aliphatic heterocycles. The lowest BCUT2D eigenvalue weighted by molar-refractivity contribution is 0.576. The average molecular weight is 236 g/mol. The fraction of sp³-hybridized carbons (Fsp3) is 0.364. The van der Waals surface area contributed by atoms with Gasteiger partial charge in [0.15, 0.2) is 0 Å². The molecule has 0 aromatic carbocycles. The number of aromatic nitrogens is 1. The van der Waals surface area contributed by atoms with E-state index in [9.17, 15) is 0 Å². The van der Waals surface area contributed by atoms with E-state index in [2.05, 4.69) is 28.7 Å². The van der Waals surface area contributed by atoms with Gasteiger partial charge in [-0.3, -0.25) is 0 Å². The minimum absolute atomic E-state index is 0.340. The summed E-state index contributed by atoms with van der Waals surface area (Å²) >= 11 is 3.64. The van der Waals surface area contributed by atoms with Gasteiger partial charge in [-0.05, 0) is 30.4 Å². The van der Waals surface area contributed by atoms with E-state index in [-0.39, 0.29) is 0 Å². The molecule has 2 aromatic heterocycles. The van der Waals surface area contributed by atoms with E-state index in [1.165, 1.54) is 20.3 Å². The maximum absolute atomic E-state index is 4.48. The number of fused-ring (bicyclic) bond motifs is 1. The lowest BCUT2D eigenvalue weighted by Gasteiger charge is -2.21. The lowest BCUT2D eigenvalue weighted by atomic mass is 10.0. The Morgan fingerprint density at radius 3 is 3.27 bits per heavy atom. The quantitative estimate of drug-likeness (QED) is 0.823. The van der Waals surface area contributed by atoms with Crippen LogP contribution in [0.25, 0.3) is 0 Å². The first-order valence-corrected chi connectivity index (χ1v) is 6.76. The maximum atomic E-state index is 4.48. The smallest absolute Gasteiger partial charge is 0.115 e. The van der Waals surface area contributed by atoms with Crippen molar-refractivity contribution in [1.29, 1.82) is 0 Å². The summed E-state index contributed by atoms with van der Waals surface area (Å²) < 4.78 is 0. The van der Waals surface area contributed by atoms with Crippen LogP contribution >= 0.6 is 22.7 Å². The van der Waals surface area contributed by atoms with E-state index in [1.54, 1.807) is 11.3 Å². The Balaban J connectivity index is 2.02. The standard InChI is InChI=1S/C11H12N2S2/c1-7-6-13-11(15-7)9-10-8(2-4-12-9)3-5-14-10/h3,5-6,9,12H,2,4H2,1H3. The highest BCUT2D eigenvalue weighted by molar-refractivity contribution is 7.12. The molecule has 3 rings (SSSR count). The Hall–Kier alpha value is -0.710. The molecule has 0 amide bonds. The number of hydrogen-bond donors (Lipinski definition) is 1. The molecule has 3 heterocycles. The van der Waals surface area contributed by atoms with Gasteiger partial charge in [0.1, 0.15) is 5.01 Å². The van der Waals surface area contributed by atoms with Crippen LogP contribution in [-0.2, 0) is 6.42 Å². The summed E-state index contributed by atoms with van der Waals surface area (Å²) in [4.78, 5) is 7.22. The molecule has 0 saturated carbocycles. The van der Waals surface area contributed by atoms with Crippen LogP contribution in [0.5, 0.6) is 0 Å². The summed E-state index contributed by atoms with van der Waals surface area (Å²) in [6.07, 6.45) is 3.11. The van der Waals surface area contributed by atoms with Crippen LogP contribution < -0.4 is 5.32 Å². The molecular weight excluding hydrogens is 224 g/mol. The van der Waals surface area contributed by atoms with E-state index in [1.807, 2.05) is 17.5 Å². The van der Waals surface area contributed by atoms with Crippen molar-refractivity contribution >= 4 is 22.7 Å². The molecule has 2 aromatic rings. The molecule has 0 saturated heterocycles. The van der Waals surface area contributed by atoms with Gasteiger partial charge in [0, 0.05) is 22.5 Å². The Morgan fingerprint density at radius 1 is 1.53 bits per heavy atom. The van der Waals surface area contributed by atoms with Crippen LogP contribution in [0.1, 0.15) is 26.4 Å². The first-order valence-electron chi connectivity index (χ1n) is 5.06. The topological polar surface area (TPSA) is 24.9 Å². The van der Waals surface area contributed by atoms with Crippen molar-refractivity contribution in [3.63, 3.8) is 0 Å². The predicted molar refractivity (Wildman–Crippen MR) is 64.7 cm³/mol. The maximum Gasteiger partial charge on any atom is 0.115 e. The molecule has 1 unspecified atom stereocenters. The first kappa shape index (κ1) is 9.51. The van der Waals surface area contributed by atoms with E-state index in [0.29, 0.717) is 6.04 Å². The highest BCUT2D eigenvalue weighted by Crippen LogP contribution is 2.34. The molecule has 0 aliphatic carbocycles. The number of hydrogen-bond acceptors (Lipinski definition) is 4. The van der Waals surface area contributed by atoms with Crippen molar-refractivity contribution in [2.75, 3.05) is 6.54 Å². The molecule has 2 nitrogen and oxygen atoms in total. The van der Waals surface area contributed by atoms with Crippen molar-refractivity contribution in [2.45, 2.75) is 19.4 Å². The van der Waals surface area contributed by atoms with Gasteiger partial charge in [-0.2, -0.15) is 0 Å². The van der Waals surface area contributed by atoms with E-state index >= 15 is 0 Å². The zero-order chi connectivity index (χ0) is 10.3. The third kappa shape index (κ3) is 1.62. The number of rotatable bonds is 1. The molecule has 1 atom stereocenters. The summed E-state index contributed by atoms with van der Waals surface area (Å²) in [5, 5.41) is 6.94. The second-order valence-corrected chi connectivity index (χ2v) is 5.97. The summed E-state index contributed by atoms with van der Waals surface area (Å²) in [6, 6.07) is 2.58. The molecule has 0 radical (unpaired) electrons. The second-order valence-electron chi connectivity index (χ2n) is 3.76. The summed E-state index contributed by atoms with van der Waals surface area (Å²) in [5.74, 6) is 0. The fourth-order valence-electron chi connectivity index (χ4n) is 1.96. The van der Waals surface area contributed by atoms with Crippen molar-refractivity contribution in [1.82, 2.24) is 10.3 Å². The Morgan fingerprint density at radius 2 is 2.47 bits per heavy atom. The molecule has 0 spiro atoms. The molecule has 1 N–H and O–H groups in total. The van der Waals surface area contributed by atoms with Crippen LogP contribution in [0.4, 0.5) is 0 Å². The van der Waals surface area contributed by atoms with Crippen molar-refractivity contribution < 1.29 is 0 Å². The zero-order valence-corrected chi connectivity index (χ0v) is 10.1. The first-order chi connectivity index (χ1) is 7.34.